The molecular weight excluding hydrogens is 186 g/mol. The van der Waals surface area contributed by atoms with Crippen LogP contribution in [0.2, 0.25) is 0 Å². The highest BCUT2D eigenvalue weighted by Gasteiger charge is 2.46. The highest BCUT2D eigenvalue weighted by Crippen LogP contribution is 2.40. The third kappa shape index (κ3) is 2.54. The largest absolute Gasteiger partial charge is 0.368 e. The van der Waals surface area contributed by atoms with Crippen LogP contribution in [0, 0.1) is 11.8 Å². The predicted octanol–water partition coefficient (Wildman–Crippen LogP) is 2.58. The van der Waals surface area contributed by atoms with Crippen LogP contribution < -0.4 is 5.32 Å². The molecule has 3 unspecified atom stereocenters. The van der Waals surface area contributed by atoms with Gasteiger partial charge in [-0.05, 0) is 58.9 Å². The van der Waals surface area contributed by atoms with Crippen LogP contribution >= 0.6 is 0 Å². The number of nitrogens with one attached hydrogen (secondary N) is 1. The van der Waals surface area contributed by atoms with Crippen LogP contribution in [0.15, 0.2) is 0 Å². The maximum absolute atomic E-state index is 6.07. The third-order valence-electron chi connectivity index (χ3n) is 3.98. The van der Waals surface area contributed by atoms with Crippen molar-refractivity contribution in [3.05, 3.63) is 0 Å². The molecule has 0 aromatic heterocycles. The molecule has 0 radical (unpaired) electrons. The van der Waals surface area contributed by atoms with Crippen molar-refractivity contribution in [1.82, 2.24) is 5.32 Å². The lowest BCUT2D eigenvalue weighted by Crippen LogP contribution is -2.44. The van der Waals surface area contributed by atoms with Gasteiger partial charge < -0.3 is 10.1 Å². The van der Waals surface area contributed by atoms with Gasteiger partial charge in [-0.2, -0.15) is 0 Å². The molecule has 1 N–H and O–H groups in total. The first-order valence-electron chi connectivity index (χ1n) is 6.24. The molecule has 1 saturated carbocycles. The quantitative estimate of drug-likeness (QED) is 0.774. The number of hydrogen-bond donors (Lipinski definition) is 1. The van der Waals surface area contributed by atoms with Gasteiger partial charge in [0, 0.05) is 6.04 Å². The van der Waals surface area contributed by atoms with E-state index in [-0.39, 0.29) is 11.2 Å². The van der Waals surface area contributed by atoms with Crippen molar-refractivity contribution < 1.29 is 4.74 Å². The summed E-state index contributed by atoms with van der Waals surface area (Å²) in [7, 11) is 0. The van der Waals surface area contributed by atoms with Crippen LogP contribution in [0.1, 0.15) is 47.5 Å². The molecule has 0 amide bonds. The molecule has 1 aliphatic carbocycles. The monoisotopic (exact) mass is 211 g/mol. The lowest BCUT2D eigenvalue weighted by molar-refractivity contribution is -0.0698. The Bertz CT molecular complexity index is 247. The van der Waals surface area contributed by atoms with E-state index in [0.717, 1.165) is 18.3 Å². The van der Waals surface area contributed by atoms with Gasteiger partial charge in [0.1, 0.15) is 0 Å². The van der Waals surface area contributed by atoms with Crippen LogP contribution in [0.25, 0.3) is 0 Å². The Morgan fingerprint density at radius 3 is 2.27 bits per heavy atom. The minimum Gasteiger partial charge on any atom is -0.368 e. The summed E-state index contributed by atoms with van der Waals surface area (Å²) in [5.41, 5.74) is 0.0258. The average Bonchev–Trinajstić information content (AvgIpc) is 2.67. The number of hydrogen-bond acceptors (Lipinski definition) is 2. The van der Waals surface area contributed by atoms with Crippen molar-refractivity contribution in [3.63, 3.8) is 0 Å². The van der Waals surface area contributed by atoms with Gasteiger partial charge in [0.15, 0.2) is 0 Å². The second-order valence-electron chi connectivity index (χ2n) is 6.60. The lowest BCUT2D eigenvalue weighted by atomic mass is 9.94. The van der Waals surface area contributed by atoms with E-state index in [1.54, 1.807) is 0 Å². The van der Waals surface area contributed by atoms with Gasteiger partial charge in [-0.25, -0.2) is 0 Å². The van der Waals surface area contributed by atoms with E-state index >= 15 is 0 Å². The molecule has 0 spiro atoms. The molecule has 2 rings (SSSR count). The highest BCUT2D eigenvalue weighted by molar-refractivity contribution is 4.99. The molecular formula is C13H25NO. The zero-order chi connectivity index (χ0) is 11.3. The summed E-state index contributed by atoms with van der Waals surface area (Å²) in [6, 6.07) is 0.514. The molecule has 0 aromatic carbocycles. The molecule has 15 heavy (non-hydrogen) atoms. The maximum atomic E-state index is 6.07. The molecule has 0 bridgehead atoms. The highest BCUT2D eigenvalue weighted by atomic mass is 16.5. The Morgan fingerprint density at radius 2 is 1.87 bits per heavy atom. The van der Waals surface area contributed by atoms with Crippen LogP contribution in [0.5, 0.6) is 0 Å². The molecule has 2 fully saturated rings. The van der Waals surface area contributed by atoms with E-state index in [9.17, 15) is 0 Å². The number of ether oxygens (including phenoxy) is 1. The van der Waals surface area contributed by atoms with E-state index in [2.05, 4.69) is 39.9 Å². The third-order valence-corrected chi connectivity index (χ3v) is 3.98. The standard InChI is InChI=1S/C13H25NO/c1-9-6-10(9)8-14-11-7-12(2,3)15-13(11,4)5/h9-11,14H,6-8H2,1-5H3. The van der Waals surface area contributed by atoms with E-state index in [0.29, 0.717) is 6.04 Å². The molecule has 2 heteroatoms. The summed E-state index contributed by atoms with van der Waals surface area (Å²) in [5, 5.41) is 3.69. The molecule has 2 aliphatic rings. The van der Waals surface area contributed by atoms with Crippen molar-refractivity contribution in [2.24, 2.45) is 11.8 Å². The van der Waals surface area contributed by atoms with Gasteiger partial charge in [0.25, 0.3) is 0 Å². The summed E-state index contributed by atoms with van der Waals surface area (Å²) in [4.78, 5) is 0. The summed E-state index contributed by atoms with van der Waals surface area (Å²) < 4.78 is 6.07. The van der Waals surface area contributed by atoms with Crippen molar-refractivity contribution in [2.45, 2.75) is 64.7 Å². The Morgan fingerprint density at radius 1 is 1.27 bits per heavy atom. The molecule has 1 heterocycles. The van der Waals surface area contributed by atoms with E-state index in [4.69, 9.17) is 4.74 Å². The van der Waals surface area contributed by atoms with Gasteiger partial charge in [-0.1, -0.05) is 6.92 Å². The molecule has 3 atom stereocenters. The van der Waals surface area contributed by atoms with Crippen molar-refractivity contribution in [1.29, 1.82) is 0 Å². The normalized spacial score (nSPS) is 41.8. The summed E-state index contributed by atoms with van der Waals surface area (Å²) in [6.45, 7) is 12.3. The summed E-state index contributed by atoms with van der Waals surface area (Å²) in [6.07, 6.45) is 2.53. The maximum Gasteiger partial charge on any atom is 0.0787 e. The van der Waals surface area contributed by atoms with Crippen LogP contribution in [-0.2, 0) is 4.74 Å². The Labute approximate surface area is 93.8 Å². The predicted molar refractivity (Wildman–Crippen MR) is 62.9 cm³/mol. The smallest absolute Gasteiger partial charge is 0.0787 e. The zero-order valence-corrected chi connectivity index (χ0v) is 10.8. The van der Waals surface area contributed by atoms with Crippen molar-refractivity contribution in [2.75, 3.05) is 6.54 Å². The summed E-state index contributed by atoms with van der Waals surface area (Å²) in [5.74, 6) is 1.86. The second-order valence-corrected chi connectivity index (χ2v) is 6.60. The average molecular weight is 211 g/mol. The molecule has 2 nitrogen and oxygen atoms in total. The van der Waals surface area contributed by atoms with Crippen LogP contribution in [-0.4, -0.2) is 23.8 Å². The van der Waals surface area contributed by atoms with E-state index in [1.807, 2.05) is 0 Å². The van der Waals surface area contributed by atoms with Gasteiger partial charge >= 0.3 is 0 Å². The Balaban J connectivity index is 1.86. The van der Waals surface area contributed by atoms with E-state index < -0.39 is 0 Å². The van der Waals surface area contributed by atoms with Crippen LogP contribution in [0.3, 0.4) is 0 Å². The van der Waals surface area contributed by atoms with Crippen molar-refractivity contribution in [3.8, 4) is 0 Å². The first kappa shape index (κ1) is 11.4. The van der Waals surface area contributed by atoms with Crippen molar-refractivity contribution >= 4 is 0 Å². The minimum atomic E-state index is -0.0123. The first-order chi connectivity index (χ1) is 6.80. The SMILES string of the molecule is CC1CC1CNC1CC(C)(C)OC1(C)C. The Hall–Kier alpha value is -0.0800. The van der Waals surface area contributed by atoms with Crippen LogP contribution in [0.4, 0.5) is 0 Å². The second kappa shape index (κ2) is 3.46. The fourth-order valence-electron chi connectivity index (χ4n) is 2.86. The Kier molecular flexibility index (Phi) is 2.63. The van der Waals surface area contributed by atoms with Gasteiger partial charge in [0.2, 0.25) is 0 Å². The summed E-state index contributed by atoms with van der Waals surface area (Å²) >= 11 is 0. The molecule has 0 aromatic rings. The molecule has 1 aliphatic heterocycles. The topological polar surface area (TPSA) is 21.3 Å². The molecule has 1 saturated heterocycles. The van der Waals surface area contributed by atoms with Gasteiger partial charge in [-0.15, -0.1) is 0 Å². The van der Waals surface area contributed by atoms with E-state index in [1.165, 1.54) is 13.0 Å². The fourth-order valence-corrected chi connectivity index (χ4v) is 2.86. The first-order valence-corrected chi connectivity index (χ1v) is 6.24. The zero-order valence-electron chi connectivity index (χ0n) is 10.8. The van der Waals surface area contributed by atoms with Gasteiger partial charge in [0.05, 0.1) is 11.2 Å². The fraction of sp³-hybridized carbons (Fsp3) is 1.00. The number of rotatable bonds is 3. The minimum absolute atomic E-state index is 0.0123. The lowest BCUT2D eigenvalue weighted by Gasteiger charge is -2.28. The van der Waals surface area contributed by atoms with Gasteiger partial charge in [-0.3, -0.25) is 0 Å². The molecule has 88 valence electrons.